The minimum absolute atomic E-state index is 0.187. The number of carboxylic acid groups (broad SMARTS) is 1. The fraction of sp³-hybridized carbons (Fsp3) is 0.562. The number of hydrogen-bond donors (Lipinski definition) is 2. The second-order valence-corrected chi connectivity index (χ2v) is 5.44. The molecule has 0 radical (unpaired) electrons. The zero-order valence-electron chi connectivity index (χ0n) is 12.8. The lowest BCUT2D eigenvalue weighted by Gasteiger charge is -2.29. The lowest BCUT2D eigenvalue weighted by Crippen LogP contribution is -2.53. The summed E-state index contributed by atoms with van der Waals surface area (Å²) in [6.07, 6.45) is 2.18. The van der Waals surface area contributed by atoms with Crippen molar-refractivity contribution < 1.29 is 14.6 Å². The Bertz CT molecular complexity index is 430. The highest BCUT2D eigenvalue weighted by Crippen LogP contribution is 2.18. The van der Waals surface area contributed by atoms with Crippen molar-refractivity contribution >= 4 is 5.97 Å². The van der Waals surface area contributed by atoms with E-state index in [9.17, 15) is 9.90 Å². The number of aryl methyl sites for hydroxylation is 1. The fourth-order valence-corrected chi connectivity index (χ4v) is 2.07. The Kier molecular flexibility index (Phi) is 6.02. The number of carboxylic acids is 1. The maximum atomic E-state index is 11.5. The molecular formula is C16H25NO3. The molecule has 0 aliphatic heterocycles. The van der Waals surface area contributed by atoms with E-state index in [0.29, 0.717) is 6.42 Å². The molecule has 1 aromatic rings. The van der Waals surface area contributed by atoms with Crippen molar-refractivity contribution in [3.8, 4) is 5.75 Å². The van der Waals surface area contributed by atoms with Gasteiger partial charge in [0.15, 0.2) is 0 Å². The first kappa shape index (κ1) is 16.5. The molecule has 0 saturated carbocycles. The number of methoxy groups -OCH3 is 1. The van der Waals surface area contributed by atoms with Crippen molar-refractivity contribution in [3.05, 3.63) is 29.8 Å². The summed E-state index contributed by atoms with van der Waals surface area (Å²) in [5.74, 6) is 0.0128. The summed E-state index contributed by atoms with van der Waals surface area (Å²) in [6.45, 7) is 5.81. The van der Waals surface area contributed by atoms with Crippen LogP contribution in [0, 0.1) is 0 Å². The molecule has 0 amide bonds. The van der Waals surface area contributed by atoms with Gasteiger partial charge < -0.3 is 9.84 Å². The summed E-state index contributed by atoms with van der Waals surface area (Å²) in [7, 11) is 1.63. The van der Waals surface area contributed by atoms with Gasteiger partial charge in [0, 0.05) is 6.04 Å². The van der Waals surface area contributed by atoms with Crippen molar-refractivity contribution in [3.63, 3.8) is 0 Å². The van der Waals surface area contributed by atoms with E-state index < -0.39 is 11.5 Å². The Balaban J connectivity index is 2.68. The number of carbonyl (C=O) groups is 1. The molecule has 0 heterocycles. The molecule has 2 atom stereocenters. The van der Waals surface area contributed by atoms with Crippen LogP contribution in [0.3, 0.4) is 0 Å². The van der Waals surface area contributed by atoms with Gasteiger partial charge in [0.2, 0.25) is 0 Å². The predicted octanol–water partition coefficient (Wildman–Crippen LogP) is 2.86. The average Bonchev–Trinajstić information content (AvgIpc) is 2.45. The van der Waals surface area contributed by atoms with Crippen LogP contribution >= 0.6 is 0 Å². The molecular weight excluding hydrogens is 254 g/mol. The number of hydrogen-bond acceptors (Lipinski definition) is 3. The van der Waals surface area contributed by atoms with Crippen LogP contribution in [0.1, 0.15) is 39.2 Å². The molecule has 0 aromatic heterocycles. The molecule has 2 unspecified atom stereocenters. The third kappa shape index (κ3) is 4.53. The van der Waals surface area contributed by atoms with Crippen LogP contribution in [0.5, 0.6) is 5.75 Å². The predicted molar refractivity (Wildman–Crippen MR) is 80.2 cm³/mol. The third-order valence-electron chi connectivity index (χ3n) is 3.72. The number of rotatable bonds is 8. The van der Waals surface area contributed by atoms with Gasteiger partial charge in [-0.1, -0.05) is 19.1 Å². The maximum Gasteiger partial charge on any atom is 0.323 e. The molecule has 4 heteroatoms. The number of benzene rings is 1. The minimum Gasteiger partial charge on any atom is -0.497 e. The number of aliphatic carboxylic acids is 1. The molecule has 1 aromatic carbocycles. The molecule has 112 valence electrons. The topological polar surface area (TPSA) is 58.6 Å². The van der Waals surface area contributed by atoms with E-state index in [2.05, 4.69) is 5.32 Å². The summed E-state index contributed by atoms with van der Waals surface area (Å²) in [5, 5.41) is 12.7. The second-order valence-electron chi connectivity index (χ2n) is 5.44. The summed E-state index contributed by atoms with van der Waals surface area (Å²) < 4.78 is 5.11. The molecule has 0 fully saturated rings. The summed E-state index contributed by atoms with van der Waals surface area (Å²) in [6, 6.07) is 7.94. The molecule has 1 rings (SSSR count). The maximum absolute atomic E-state index is 11.5. The Labute approximate surface area is 121 Å². The van der Waals surface area contributed by atoms with E-state index in [1.165, 1.54) is 0 Å². The largest absolute Gasteiger partial charge is 0.497 e. The Hall–Kier alpha value is -1.55. The van der Waals surface area contributed by atoms with Crippen molar-refractivity contribution in [1.29, 1.82) is 0 Å². The quantitative estimate of drug-likeness (QED) is 0.768. The van der Waals surface area contributed by atoms with Crippen molar-refractivity contribution in [2.75, 3.05) is 7.11 Å². The van der Waals surface area contributed by atoms with Crippen molar-refractivity contribution in [1.82, 2.24) is 5.32 Å². The van der Waals surface area contributed by atoms with E-state index >= 15 is 0 Å². The molecule has 0 aliphatic carbocycles. The lowest BCUT2D eigenvalue weighted by atomic mass is 9.92. The van der Waals surface area contributed by atoms with E-state index in [1.807, 2.05) is 38.1 Å². The SMILES string of the molecule is CCC(C)NC(C)(CCc1ccc(OC)cc1)C(=O)O. The Morgan fingerprint density at radius 1 is 1.40 bits per heavy atom. The zero-order chi connectivity index (χ0) is 15.2. The van der Waals surface area contributed by atoms with Gasteiger partial charge in [0.25, 0.3) is 0 Å². The van der Waals surface area contributed by atoms with E-state index in [0.717, 1.165) is 24.2 Å². The highest BCUT2D eigenvalue weighted by molar-refractivity contribution is 5.78. The van der Waals surface area contributed by atoms with Crippen molar-refractivity contribution in [2.45, 2.75) is 51.6 Å². The Morgan fingerprint density at radius 3 is 2.45 bits per heavy atom. The summed E-state index contributed by atoms with van der Waals surface area (Å²) in [5.41, 5.74) is 0.222. The van der Waals surface area contributed by atoms with Crippen molar-refractivity contribution in [2.24, 2.45) is 0 Å². The van der Waals surface area contributed by atoms with Gasteiger partial charge in [0.1, 0.15) is 11.3 Å². The van der Waals surface area contributed by atoms with Gasteiger partial charge >= 0.3 is 5.97 Å². The minimum atomic E-state index is -0.893. The molecule has 2 N–H and O–H groups in total. The van der Waals surface area contributed by atoms with Crippen LogP contribution in [-0.4, -0.2) is 29.8 Å². The van der Waals surface area contributed by atoms with E-state index in [4.69, 9.17) is 4.74 Å². The van der Waals surface area contributed by atoms with Gasteiger partial charge in [-0.05, 0) is 50.8 Å². The van der Waals surface area contributed by atoms with Crippen LogP contribution in [-0.2, 0) is 11.2 Å². The first-order valence-corrected chi connectivity index (χ1v) is 7.05. The zero-order valence-corrected chi connectivity index (χ0v) is 12.8. The van der Waals surface area contributed by atoms with E-state index in [-0.39, 0.29) is 6.04 Å². The number of ether oxygens (including phenoxy) is 1. The smallest absolute Gasteiger partial charge is 0.323 e. The van der Waals surface area contributed by atoms with Crippen LogP contribution < -0.4 is 10.1 Å². The van der Waals surface area contributed by atoms with Crippen LogP contribution in [0.15, 0.2) is 24.3 Å². The average molecular weight is 279 g/mol. The number of nitrogens with one attached hydrogen (secondary N) is 1. The third-order valence-corrected chi connectivity index (χ3v) is 3.72. The van der Waals surface area contributed by atoms with Crippen LogP contribution in [0.4, 0.5) is 0 Å². The first-order chi connectivity index (χ1) is 9.41. The van der Waals surface area contributed by atoms with Gasteiger partial charge in [-0.25, -0.2) is 0 Å². The summed E-state index contributed by atoms with van der Waals surface area (Å²) >= 11 is 0. The van der Waals surface area contributed by atoms with Gasteiger partial charge in [-0.15, -0.1) is 0 Å². The second kappa shape index (κ2) is 7.29. The standard InChI is InChI=1S/C16H25NO3/c1-5-12(2)17-16(3,15(18)19)11-10-13-6-8-14(20-4)9-7-13/h6-9,12,17H,5,10-11H2,1-4H3,(H,18,19). The van der Waals surface area contributed by atoms with E-state index in [1.54, 1.807) is 14.0 Å². The summed E-state index contributed by atoms with van der Waals surface area (Å²) in [4.78, 5) is 11.5. The highest BCUT2D eigenvalue weighted by Gasteiger charge is 2.33. The normalized spacial score (nSPS) is 15.4. The monoisotopic (exact) mass is 279 g/mol. The van der Waals surface area contributed by atoms with Gasteiger partial charge in [-0.3, -0.25) is 10.1 Å². The van der Waals surface area contributed by atoms with Gasteiger partial charge in [-0.2, -0.15) is 0 Å². The van der Waals surface area contributed by atoms with Crippen LogP contribution in [0.2, 0.25) is 0 Å². The highest BCUT2D eigenvalue weighted by atomic mass is 16.5. The molecule has 0 saturated heterocycles. The first-order valence-electron chi connectivity index (χ1n) is 7.05. The molecule has 20 heavy (non-hydrogen) atoms. The fourth-order valence-electron chi connectivity index (χ4n) is 2.07. The lowest BCUT2D eigenvalue weighted by molar-refractivity contribution is -0.144. The van der Waals surface area contributed by atoms with Gasteiger partial charge in [0.05, 0.1) is 7.11 Å². The van der Waals surface area contributed by atoms with Crippen LogP contribution in [0.25, 0.3) is 0 Å². The Morgan fingerprint density at radius 2 is 2.00 bits per heavy atom. The molecule has 4 nitrogen and oxygen atoms in total. The molecule has 0 bridgehead atoms. The molecule has 0 aliphatic rings. The molecule has 0 spiro atoms.